The van der Waals surface area contributed by atoms with Gasteiger partial charge in [0.25, 0.3) is 0 Å². The summed E-state index contributed by atoms with van der Waals surface area (Å²) >= 11 is 4.54. The van der Waals surface area contributed by atoms with E-state index in [0.717, 1.165) is 13.0 Å². The van der Waals surface area contributed by atoms with Gasteiger partial charge in [0.1, 0.15) is 0 Å². The fourth-order valence-corrected chi connectivity index (χ4v) is 3.17. The Labute approximate surface area is 113 Å². The molecular formula is C13H19N3OS. The minimum atomic E-state index is -0.113. The Balaban J connectivity index is 2.18. The summed E-state index contributed by atoms with van der Waals surface area (Å²) in [6.45, 7) is 2.54. The van der Waals surface area contributed by atoms with E-state index < -0.39 is 0 Å². The molecule has 1 aromatic rings. The summed E-state index contributed by atoms with van der Waals surface area (Å²) in [5.41, 5.74) is 1.19. The topological polar surface area (TPSA) is 45.2 Å². The summed E-state index contributed by atoms with van der Waals surface area (Å²) in [5.74, 6) is 0.279. The Hall–Kier alpha value is -1.07. The van der Waals surface area contributed by atoms with Gasteiger partial charge in [0.05, 0.1) is 5.37 Å². The van der Waals surface area contributed by atoms with Crippen molar-refractivity contribution in [3.8, 4) is 0 Å². The largest absolute Gasteiger partial charge is 0.344 e. The predicted molar refractivity (Wildman–Crippen MR) is 74.3 cm³/mol. The summed E-state index contributed by atoms with van der Waals surface area (Å²) in [7, 11) is 2.10. The van der Waals surface area contributed by atoms with Crippen molar-refractivity contribution in [2.45, 2.75) is 24.8 Å². The van der Waals surface area contributed by atoms with Gasteiger partial charge in [0.15, 0.2) is 0 Å². The van der Waals surface area contributed by atoms with E-state index >= 15 is 0 Å². The number of amides is 1. The summed E-state index contributed by atoms with van der Waals surface area (Å²) < 4.78 is 0. The standard InChI is InChI=1S/C13H19N3OS/c1-9(17)15-13(18)11-5-7-16(2)12(11)10-4-3-6-14-8-10/h3-4,6,8,11-13,18H,5,7H2,1-2H3,(H,15,17)/t11?,12-,13?/m1/s1. The van der Waals surface area contributed by atoms with Gasteiger partial charge in [-0.2, -0.15) is 12.6 Å². The zero-order valence-corrected chi connectivity index (χ0v) is 11.6. The molecule has 1 aliphatic rings. The molecule has 2 rings (SSSR count). The number of carbonyl (C=O) groups is 1. The average Bonchev–Trinajstić information content (AvgIpc) is 2.71. The van der Waals surface area contributed by atoms with Crippen LogP contribution in [0.1, 0.15) is 24.9 Å². The van der Waals surface area contributed by atoms with Gasteiger partial charge in [-0.3, -0.25) is 14.7 Å². The first-order chi connectivity index (χ1) is 8.59. The monoisotopic (exact) mass is 265 g/mol. The summed E-state index contributed by atoms with van der Waals surface area (Å²) in [6.07, 6.45) is 4.71. The minimum absolute atomic E-state index is 0.0329. The van der Waals surface area contributed by atoms with Gasteiger partial charge in [0, 0.05) is 31.3 Å². The molecule has 18 heavy (non-hydrogen) atoms. The van der Waals surface area contributed by atoms with Crippen LogP contribution in [-0.4, -0.2) is 34.8 Å². The zero-order valence-electron chi connectivity index (χ0n) is 10.7. The fraction of sp³-hybridized carbons (Fsp3) is 0.538. The second kappa shape index (κ2) is 5.71. The minimum Gasteiger partial charge on any atom is -0.344 e. The van der Waals surface area contributed by atoms with Crippen LogP contribution in [0.5, 0.6) is 0 Å². The van der Waals surface area contributed by atoms with Crippen molar-refractivity contribution in [3.63, 3.8) is 0 Å². The van der Waals surface area contributed by atoms with Crippen LogP contribution in [0.4, 0.5) is 0 Å². The molecule has 1 N–H and O–H groups in total. The molecule has 0 aromatic carbocycles. The highest BCUT2D eigenvalue weighted by Gasteiger charge is 2.37. The molecule has 1 amide bonds. The molecule has 0 bridgehead atoms. The molecule has 0 saturated carbocycles. The lowest BCUT2D eigenvalue weighted by Gasteiger charge is -2.29. The van der Waals surface area contributed by atoms with Crippen LogP contribution in [0, 0.1) is 5.92 Å². The van der Waals surface area contributed by atoms with E-state index in [1.807, 2.05) is 12.3 Å². The van der Waals surface area contributed by atoms with Crippen molar-refractivity contribution in [3.05, 3.63) is 30.1 Å². The van der Waals surface area contributed by atoms with Gasteiger partial charge in [0.2, 0.25) is 5.91 Å². The molecule has 4 nitrogen and oxygen atoms in total. The van der Waals surface area contributed by atoms with Gasteiger partial charge < -0.3 is 5.32 Å². The molecule has 5 heteroatoms. The van der Waals surface area contributed by atoms with E-state index in [0.29, 0.717) is 5.92 Å². The van der Waals surface area contributed by atoms with Crippen LogP contribution in [-0.2, 0) is 4.79 Å². The second-order valence-electron chi connectivity index (χ2n) is 4.81. The Bertz CT molecular complexity index is 412. The van der Waals surface area contributed by atoms with E-state index in [1.165, 1.54) is 12.5 Å². The SMILES string of the molecule is CC(=O)NC(S)C1CCN(C)[C@@H]1c1cccnc1. The maximum atomic E-state index is 11.1. The number of hydrogen-bond acceptors (Lipinski definition) is 4. The van der Waals surface area contributed by atoms with Crippen LogP contribution >= 0.6 is 12.6 Å². The number of pyridine rings is 1. The third kappa shape index (κ3) is 2.84. The summed E-state index contributed by atoms with van der Waals surface area (Å²) in [6, 6.07) is 4.30. The maximum absolute atomic E-state index is 11.1. The van der Waals surface area contributed by atoms with Gasteiger partial charge in [-0.05, 0) is 31.6 Å². The second-order valence-corrected chi connectivity index (χ2v) is 5.37. The zero-order chi connectivity index (χ0) is 13.1. The number of rotatable bonds is 3. The first-order valence-electron chi connectivity index (χ1n) is 6.15. The summed E-state index contributed by atoms with van der Waals surface area (Å²) in [4.78, 5) is 17.6. The van der Waals surface area contributed by atoms with Gasteiger partial charge in [-0.25, -0.2) is 0 Å². The van der Waals surface area contributed by atoms with E-state index in [9.17, 15) is 4.79 Å². The summed E-state index contributed by atoms with van der Waals surface area (Å²) in [5, 5.41) is 2.77. The molecule has 0 aliphatic carbocycles. The Morgan fingerprint density at radius 2 is 2.44 bits per heavy atom. The number of aromatic nitrogens is 1. The first-order valence-corrected chi connectivity index (χ1v) is 6.66. The third-order valence-corrected chi connectivity index (χ3v) is 3.99. The number of carbonyl (C=O) groups excluding carboxylic acids is 1. The van der Waals surface area contributed by atoms with E-state index in [2.05, 4.69) is 40.9 Å². The Morgan fingerprint density at radius 1 is 1.67 bits per heavy atom. The molecule has 1 fully saturated rings. The van der Waals surface area contributed by atoms with Crippen molar-refractivity contribution in [2.75, 3.05) is 13.6 Å². The molecule has 3 atom stereocenters. The third-order valence-electron chi connectivity index (χ3n) is 3.48. The molecular weight excluding hydrogens is 246 g/mol. The lowest BCUT2D eigenvalue weighted by Crippen LogP contribution is -2.37. The predicted octanol–water partition coefficient (Wildman–Crippen LogP) is 1.47. The van der Waals surface area contributed by atoms with Crippen molar-refractivity contribution >= 4 is 18.5 Å². The lowest BCUT2D eigenvalue weighted by atomic mass is 9.94. The van der Waals surface area contributed by atoms with Crippen molar-refractivity contribution in [1.82, 2.24) is 15.2 Å². The lowest BCUT2D eigenvalue weighted by molar-refractivity contribution is -0.119. The van der Waals surface area contributed by atoms with Gasteiger partial charge in [-0.1, -0.05) is 6.07 Å². The number of hydrogen-bond donors (Lipinski definition) is 2. The average molecular weight is 265 g/mol. The maximum Gasteiger partial charge on any atom is 0.217 e. The van der Waals surface area contributed by atoms with Crippen LogP contribution in [0.3, 0.4) is 0 Å². The smallest absolute Gasteiger partial charge is 0.217 e. The molecule has 2 heterocycles. The van der Waals surface area contributed by atoms with Crippen LogP contribution in [0.15, 0.2) is 24.5 Å². The molecule has 98 valence electrons. The fourth-order valence-electron chi connectivity index (χ4n) is 2.67. The number of nitrogens with one attached hydrogen (secondary N) is 1. The Morgan fingerprint density at radius 3 is 3.06 bits per heavy atom. The number of likely N-dealkylation sites (tertiary alicyclic amines) is 1. The quantitative estimate of drug-likeness (QED) is 0.642. The van der Waals surface area contributed by atoms with Crippen LogP contribution in [0.2, 0.25) is 0 Å². The molecule has 1 aromatic heterocycles. The molecule has 2 unspecified atom stereocenters. The van der Waals surface area contributed by atoms with Crippen LogP contribution in [0.25, 0.3) is 0 Å². The highest BCUT2D eigenvalue weighted by Crippen LogP contribution is 2.38. The van der Waals surface area contributed by atoms with Gasteiger partial charge >= 0.3 is 0 Å². The van der Waals surface area contributed by atoms with Gasteiger partial charge in [-0.15, -0.1) is 0 Å². The van der Waals surface area contributed by atoms with Crippen molar-refractivity contribution in [2.24, 2.45) is 5.92 Å². The van der Waals surface area contributed by atoms with E-state index in [1.54, 1.807) is 6.20 Å². The van der Waals surface area contributed by atoms with E-state index in [4.69, 9.17) is 0 Å². The highest BCUT2D eigenvalue weighted by molar-refractivity contribution is 7.80. The van der Waals surface area contributed by atoms with Crippen molar-refractivity contribution < 1.29 is 4.79 Å². The Kier molecular flexibility index (Phi) is 4.24. The first kappa shape index (κ1) is 13.4. The molecule has 1 saturated heterocycles. The molecule has 1 aliphatic heterocycles. The molecule has 0 spiro atoms. The normalized spacial score (nSPS) is 25.9. The molecule has 0 radical (unpaired) electrons. The number of nitrogens with zero attached hydrogens (tertiary/aromatic N) is 2. The van der Waals surface area contributed by atoms with E-state index in [-0.39, 0.29) is 17.3 Å². The van der Waals surface area contributed by atoms with Crippen molar-refractivity contribution in [1.29, 1.82) is 0 Å². The highest BCUT2D eigenvalue weighted by atomic mass is 32.1. The number of thiol groups is 1. The van der Waals surface area contributed by atoms with Crippen LogP contribution < -0.4 is 5.32 Å².